The van der Waals surface area contributed by atoms with Crippen LogP contribution in [0.2, 0.25) is 0 Å². The number of amides is 1. The molecule has 1 aromatic carbocycles. The Morgan fingerprint density at radius 2 is 2.15 bits per heavy atom. The largest absolute Gasteiger partial charge is 0.480 e. The maximum absolute atomic E-state index is 12.8. The average molecular weight is 358 g/mol. The predicted octanol–water partition coefficient (Wildman–Crippen LogP) is 2.11. The van der Waals surface area contributed by atoms with Crippen LogP contribution < -0.4 is 0 Å². The number of aromatic nitrogens is 2. The number of carboxylic acid groups (broad SMARTS) is 1. The molecule has 2 atom stereocenters. The van der Waals surface area contributed by atoms with Gasteiger partial charge in [-0.3, -0.25) is 14.9 Å². The van der Waals surface area contributed by atoms with Crippen molar-refractivity contribution in [3.05, 3.63) is 52.6 Å². The summed E-state index contributed by atoms with van der Waals surface area (Å²) < 4.78 is 1.48. The van der Waals surface area contributed by atoms with E-state index < -0.39 is 22.8 Å². The van der Waals surface area contributed by atoms with Crippen molar-refractivity contribution in [3.8, 4) is 5.69 Å². The molecule has 0 aliphatic carbocycles. The van der Waals surface area contributed by atoms with Gasteiger partial charge in [-0.25, -0.2) is 9.78 Å². The normalized spacial score (nSPS) is 20.0. The van der Waals surface area contributed by atoms with Crippen molar-refractivity contribution >= 4 is 17.6 Å². The van der Waals surface area contributed by atoms with Gasteiger partial charge in [-0.2, -0.15) is 0 Å². The highest BCUT2D eigenvalue weighted by Crippen LogP contribution is 2.28. The SMILES string of the molecule is CC1CCN(C(=O)c2ccc(-n3ccnc3)c([N+](=O)[O-])c2)C(C(=O)O)C1. The zero-order chi connectivity index (χ0) is 18.8. The first kappa shape index (κ1) is 17.6. The quantitative estimate of drug-likeness (QED) is 0.660. The smallest absolute Gasteiger partial charge is 0.326 e. The molecule has 0 spiro atoms. The van der Waals surface area contributed by atoms with Crippen LogP contribution in [0.1, 0.15) is 30.1 Å². The molecule has 136 valence electrons. The Morgan fingerprint density at radius 1 is 1.38 bits per heavy atom. The number of aliphatic carboxylic acids is 1. The summed E-state index contributed by atoms with van der Waals surface area (Å²) in [5.74, 6) is -1.36. The van der Waals surface area contributed by atoms with Gasteiger partial charge < -0.3 is 14.6 Å². The fraction of sp³-hybridized carbons (Fsp3) is 0.353. The third-order valence-corrected chi connectivity index (χ3v) is 4.61. The molecule has 26 heavy (non-hydrogen) atoms. The minimum atomic E-state index is -1.06. The number of imidazole rings is 1. The van der Waals surface area contributed by atoms with Gasteiger partial charge in [0.15, 0.2) is 0 Å². The van der Waals surface area contributed by atoms with Gasteiger partial charge in [0, 0.05) is 30.6 Å². The second-order valence-corrected chi connectivity index (χ2v) is 6.41. The highest BCUT2D eigenvalue weighted by atomic mass is 16.6. The first-order chi connectivity index (χ1) is 12.4. The second kappa shape index (κ2) is 6.95. The van der Waals surface area contributed by atoms with Gasteiger partial charge >= 0.3 is 5.97 Å². The van der Waals surface area contributed by atoms with E-state index in [1.165, 1.54) is 40.2 Å². The first-order valence-corrected chi connectivity index (χ1v) is 8.19. The first-order valence-electron chi connectivity index (χ1n) is 8.19. The van der Waals surface area contributed by atoms with Crippen LogP contribution in [0.25, 0.3) is 5.69 Å². The van der Waals surface area contributed by atoms with E-state index in [1.54, 1.807) is 6.20 Å². The summed E-state index contributed by atoms with van der Waals surface area (Å²) >= 11 is 0. The van der Waals surface area contributed by atoms with Gasteiger partial charge in [0.25, 0.3) is 11.6 Å². The summed E-state index contributed by atoms with van der Waals surface area (Å²) in [7, 11) is 0. The molecule has 1 aromatic heterocycles. The second-order valence-electron chi connectivity index (χ2n) is 6.41. The van der Waals surface area contributed by atoms with Gasteiger partial charge in [-0.05, 0) is 30.9 Å². The molecule has 0 bridgehead atoms. The molecule has 0 radical (unpaired) electrons. The van der Waals surface area contributed by atoms with Crippen LogP contribution >= 0.6 is 0 Å². The summed E-state index contributed by atoms with van der Waals surface area (Å²) in [6, 6.07) is 3.21. The van der Waals surface area contributed by atoms with Gasteiger partial charge in [0.1, 0.15) is 11.7 Å². The lowest BCUT2D eigenvalue weighted by atomic mass is 9.92. The van der Waals surface area contributed by atoms with Gasteiger partial charge in [-0.1, -0.05) is 6.92 Å². The highest BCUT2D eigenvalue weighted by molar-refractivity contribution is 5.97. The van der Waals surface area contributed by atoms with Crippen molar-refractivity contribution in [1.82, 2.24) is 14.5 Å². The molecular formula is C17H18N4O5. The molecule has 1 fully saturated rings. The Morgan fingerprint density at radius 3 is 2.77 bits per heavy atom. The number of piperidine rings is 1. The summed E-state index contributed by atoms with van der Waals surface area (Å²) in [6.45, 7) is 2.26. The van der Waals surface area contributed by atoms with Gasteiger partial charge in [0.05, 0.1) is 11.3 Å². The van der Waals surface area contributed by atoms with Crippen molar-refractivity contribution in [2.75, 3.05) is 6.54 Å². The molecule has 2 unspecified atom stereocenters. The minimum absolute atomic E-state index is 0.0985. The van der Waals surface area contributed by atoms with Crippen molar-refractivity contribution in [1.29, 1.82) is 0 Å². The van der Waals surface area contributed by atoms with Crippen molar-refractivity contribution in [2.45, 2.75) is 25.8 Å². The summed E-state index contributed by atoms with van der Waals surface area (Å²) in [6.07, 6.45) is 5.56. The van der Waals surface area contributed by atoms with Crippen LogP contribution in [0.3, 0.4) is 0 Å². The van der Waals surface area contributed by atoms with Crippen LogP contribution in [-0.2, 0) is 4.79 Å². The maximum atomic E-state index is 12.8. The number of benzene rings is 1. The molecule has 1 amide bonds. The highest BCUT2D eigenvalue weighted by Gasteiger charge is 2.35. The van der Waals surface area contributed by atoms with E-state index in [-0.39, 0.29) is 22.9 Å². The minimum Gasteiger partial charge on any atom is -0.480 e. The Hall–Kier alpha value is -3.23. The van der Waals surface area contributed by atoms with E-state index in [1.807, 2.05) is 6.92 Å². The molecule has 2 aromatic rings. The molecule has 1 saturated heterocycles. The van der Waals surface area contributed by atoms with E-state index in [4.69, 9.17) is 0 Å². The maximum Gasteiger partial charge on any atom is 0.326 e. The lowest BCUT2D eigenvalue weighted by Gasteiger charge is -2.36. The van der Waals surface area contributed by atoms with Crippen LogP contribution in [0.4, 0.5) is 5.69 Å². The molecule has 1 N–H and O–H groups in total. The molecular weight excluding hydrogens is 340 g/mol. The molecule has 1 aliphatic heterocycles. The Balaban J connectivity index is 1.96. The summed E-state index contributed by atoms with van der Waals surface area (Å²) in [5, 5.41) is 20.9. The molecule has 3 rings (SSSR count). The number of carbonyl (C=O) groups is 2. The van der Waals surface area contributed by atoms with Crippen LogP contribution in [0.5, 0.6) is 0 Å². The van der Waals surface area contributed by atoms with Crippen molar-refractivity contribution in [3.63, 3.8) is 0 Å². The van der Waals surface area contributed by atoms with E-state index >= 15 is 0 Å². The van der Waals surface area contributed by atoms with Crippen molar-refractivity contribution < 1.29 is 19.6 Å². The van der Waals surface area contributed by atoms with E-state index in [2.05, 4.69) is 4.98 Å². The monoisotopic (exact) mass is 358 g/mol. The number of hydrogen-bond donors (Lipinski definition) is 1. The van der Waals surface area contributed by atoms with E-state index in [0.717, 1.165) is 0 Å². The molecule has 9 heteroatoms. The van der Waals surface area contributed by atoms with Gasteiger partial charge in [-0.15, -0.1) is 0 Å². The Bertz CT molecular complexity index is 849. The van der Waals surface area contributed by atoms with Crippen LogP contribution in [0.15, 0.2) is 36.9 Å². The third kappa shape index (κ3) is 3.28. The third-order valence-electron chi connectivity index (χ3n) is 4.61. The fourth-order valence-electron chi connectivity index (χ4n) is 3.21. The average Bonchev–Trinajstić information content (AvgIpc) is 3.15. The lowest BCUT2D eigenvalue weighted by molar-refractivity contribution is -0.384. The topological polar surface area (TPSA) is 119 Å². The van der Waals surface area contributed by atoms with Crippen molar-refractivity contribution in [2.24, 2.45) is 5.92 Å². The van der Waals surface area contributed by atoms with Crippen LogP contribution in [-0.4, -0.2) is 48.9 Å². The number of nitro benzene ring substituents is 1. The Labute approximate surface area is 149 Å². The zero-order valence-electron chi connectivity index (χ0n) is 14.1. The number of hydrogen-bond acceptors (Lipinski definition) is 5. The van der Waals surface area contributed by atoms with E-state index in [0.29, 0.717) is 19.4 Å². The Kier molecular flexibility index (Phi) is 4.70. The number of carboxylic acids is 1. The number of nitro groups is 1. The number of rotatable bonds is 4. The zero-order valence-corrected chi connectivity index (χ0v) is 14.1. The van der Waals surface area contributed by atoms with Crippen LogP contribution in [0, 0.1) is 16.0 Å². The summed E-state index contributed by atoms with van der Waals surface area (Å²) in [4.78, 5) is 40.4. The number of nitrogens with zero attached hydrogens (tertiary/aromatic N) is 4. The standard InChI is InChI=1S/C17H18N4O5/c1-11-4-6-20(15(8-11)17(23)24)16(22)12-2-3-13(14(9-12)21(25)26)19-7-5-18-10-19/h2-3,5,7,9-11,15H,4,6,8H2,1H3,(H,23,24). The fourth-order valence-corrected chi connectivity index (χ4v) is 3.21. The van der Waals surface area contributed by atoms with E-state index in [9.17, 15) is 24.8 Å². The predicted molar refractivity (Wildman–Crippen MR) is 91.1 cm³/mol. The number of likely N-dealkylation sites (tertiary alicyclic amines) is 1. The molecule has 0 saturated carbocycles. The number of carbonyl (C=O) groups excluding carboxylic acids is 1. The lowest BCUT2D eigenvalue weighted by Crippen LogP contribution is -2.49. The molecule has 9 nitrogen and oxygen atoms in total. The van der Waals surface area contributed by atoms with Gasteiger partial charge in [0.2, 0.25) is 0 Å². The molecule has 2 heterocycles. The molecule has 1 aliphatic rings. The summed E-state index contributed by atoms with van der Waals surface area (Å²) in [5.41, 5.74) is 0.138.